The van der Waals surface area contributed by atoms with E-state index in [0.29, 0.717) is 25.0 Å². The van der Waals surface area contributed by atoms with Crippen LogP contribution in [0, 0.1) is 11.8 Å². The summed E-state index contributed by atoms with van der Waals surface area (Å²) in [6.07, 6.45) is 0. The van der Waals surface area contributed by atoms with Gasteiger partial charge in [-0.3, -0.25) is 0 Å². The molecule has 0 aromatic heterocycles. The van der Waals surface area contributed by atoms with Crippen molar-refractivity contribution in [3.63, 3.8) is 0 Å². The molecule has 75 valence electrons. The third-order valence-corrected chi connectivity index (χ3v) is 0.730. The van der Waals surface area contributed by atoms with Gasteiger partial charge in [0.05, 0.1) is 0 Å². The Morgan fingerprint density at radius 3 is 0.909 bits per heavy atom. The minimum atomic E-state index is 0. The van der Waals surface area contributed by atoms with Crippen molar-refractivity contribution in [3.05, 3.63) is 0 Å². The number of rotatable bonds is 2. The van der Waals surface area contributed by atoms with Crippen molar-refractivity contribution in [3.8, 4) is 0 Å². The van der Waals surface area contributed by atoms with Gasteiger partial charge in [0.2, 0.25) is 0 Å². The first-order valence-electron chi connectivity index (χ1n) is 3.76. The van der Waals surface area contributed by atoms with Crippen molar-refractivity contribution >= 4 is 0 Å². The largest absolute Gasteiger partial charge is 0.396 e. The smallest absolute Gasteiger partial charge is 0.0453 e. The van der Waals surface area contributed by atoms with Gasteiger partial charge in [0.1, 0.15) is 0 Å². The van der Waals surface area contributed by atoms with Crippen LogP contribution in [-0.4, -0.2) is 23.4 Å². The molecule has 0 rings (SSSR count). The minimum absolute atomic E-state index is 0. The second kappa shape index (κ2) is 13.1. The second-order valence-electron chi connectivity index (χ2n) is 3.15. The van der Waals surface area contributed by atoms with Gasteiger partial charge in [0.15, 0.2) is 0 Å². The molecule has 11 heavy (non-hydrogen) atoms. The molecule has 2 nitrogen and oxygen atoms in total. The van der Waals surface area contributed by atoms with Gasteiger partial charge in [0.25, 0.3) is 0 Å². The zero-order valence-corrected chi connectivity index (χ0v) is 8.71. The van der Waals surface area contributed by atoms with Gasteiger partial charge >= 0.3 is 0 Å². The zero-order chi connectivity index (χ0) is 8.57. The van der Waals surface area contributed by atoms with Crippen molar-refractivity contribution in [2.45, 2.75) is 27.7 Å². The molecule has 0 aliphatic rings. The third kappa shape index (κ3) is 37.7. The zero-order valence-electron chi connectivity index (χ0n) is 7.76. The minimum Gasteiger partial charge on any atom is -0.396 e. The van der Waals surface area contributed by atoms with Crippen molar-refractivity contribution < 1.29 is 27.3 Å². The van der Waals surface area contributed by atoms with E-state index < -0.39 is 0 Å². The summed E-state index contributed by atoms with van der Waals surface area (Å²) in [6.45, 7) is 8.50. The summed E-state index contributed by atoms with van der Waals surface area (Å²) in [5, 5.41) is 16.3. The van der Waals surface area contributed by atoms with Crippen LogP contribution in [0.2, 0.25) is 0 Å². The van der Waals surface area contributed by atoms with E-state index in [4.69, 9.17) is 10.2 Å². The molecular formula is C8H20CuO2. The Labute approximate surface area is 80.5 Å². The Morgan fingerprint density at radius 2 is 0.909 bits per heavy atom. The van der Waals surface area contributed by atoms with Crippen LogP contribution in [0.3, 0.4) is 0 Å². The Hall–Kier alpha value is 0.439. The first kappa shape index (κ1) is 17.5. The molecule has 2 N–H and O–H groups in total. The average Bonchev–Trinajstić information content (AvgIpc) is 1.89. The van der Waals surface area contributed by atoms with Gasteiger partial charge in [-0.25, -0.2) is 0 Å². The van der Waals surface area contributed by atoms with Crippen LogP contribution in [-0.2, 0) is 17.1 Å². The summed E-state index contributed by atoms with van der Waals surface area (Å²) < 4.78 is 0. The Kier molecular flexibility index (Phi) is 20.8. The van der Waals surface area contributed by atoms with Gasteiger partial charge in [0, 0.05) is 30.3 Å². The molecule has 0 saturated carbocycles. The average molecular weight is 212 g/mol. The quantitative estimate of drug-likeness (QED) is 0.676. The van der Waals surface area contributed by atoms with E-state index >= 15 is 0 Å². The molecule has 0 atom stereocenters. The van der Waals surface area contributed by atoms with E-state index in [9.17, 15) is 0 Å². The maximum atomic E-state index is 8.14. The topological polar surface area (TPSA) is 40.5 Å². The van der Waals surface area contributed by atoms with E-state index in [1.807, 2.05) is 27.7 Å². The number of aliphatic hydroxyl groups excluding tert-OH is 2. The van der Waals surface area contributed by atoms with E-state index in [-0.39, 0.29) is 17.1 Å². The molecule has 0 spiro atoms. The molecule has 0 aliphatic heterocycles. The van der Waals surface area contributed by atoms with Crippen LogP contribution < -0.4 is 0 Å². The Morgan fingerprint density at radius 1 is 0.818 bits per heavy atom. The van der Waals surface area contributed by atoms with Gasteiger partial charge in [-0.15, -0.1) is 0 Å². The molecule has 0 aromatic rings. The molecule has 0 amide bonds. The maximum absolute atomic E-state index is 8.14. The second-order valence-corrected chi connectivity index (χ2v) is 3.15. The van der Waals surface area contributed by atoms with Gasteiger partial charge in [-0.2, -0.15) is 0 Å². The standard InChI is InChI=1S/2C4H10O.Cu/c2*1-4(2)3-5;/h2*4-5H,3H2,1-2H3;. The van der Waals surface area contributed by atoms with Crippen LogP contribution in [0.5, 0.6) is 0 Å². The van der Waals surface area contributed by atoms with E-state index in [1.54, 1.807) is 0 Å². The van der Waals surface area contributed by atoms with Gasteiger partial charge < -0.3 is 10.2 Å². The van der Waals surface area contributed by atoms with Crippen LogP contribution >= 0.6 is 0 Å². The van der Waals surface area contributed by atoms with Crippen molar-refractivity contribution in [2.24, 2.45) is 11.8 Å². The summed E-state index contributed by atoms with van der Waals surface area (Å²) in [5.41, 5.74) is 0. The van der Waals surface area contributed by atoms with Gasteiger partial charge in [-0.1, -0.05) is 27.7 Å². The fraction of sp³-hybridized carbons (Fsp3) is 1.00. The predicted octanol–water partition coefficient (Wildman–Crippen LogP) is 1.27. The monoisotopic (exact) mass is 211 g/mol. The molecule has 0 heterocycles. The van der Waals surface area contributed by atoms with Crippen LogP contribution in [0.1, 0.15) is 27.7 Å². The summed E-state index contributed by atoms with van der Waals surface area (Å²) >= 11 is 0. The first-order chi connectivity index (χ1) is 4.54. The molecule has 0 fully saturated rings. The fourth-order valence-corrected chi connectivity index (χ4v) is 0. The molecule has 0 unspecified atom stereocenters. The van der Waals surface area contributed by atoms with Crippen LogP contribution in [0.25, 0.3) is 0 Å². The maximum Gasteiger partial charge on any atom is 0.0453 e. The number of hydrogen-bond donors (Lipinski definition) is 2. The predicted molar refractivity (Wildman–Crippen MR) is 43.8 cm³/mol. The molecular weight excluding hydrogens is 192 g/mol. The summed E-state index contributed by atoms with van der Waals surface area (Å²) in [4.78, 5) is 0. The molecule has 3 heteroatoms. The molecule has 1 radical (unpaired) electrons. The van der Waals surface area contributed by atoms with Crippen molar-refractivity contribution in [1.82, 2.24) is 0 Å². The van der Waals surface area contributed by atoms with E-state index in [2.05, 4.69) is 0 Å². The third-order valence-electron chi connectivity index (χ3n) is 0.730. The number of hydrogen-bond acceptors (Lipinski definition) is 2. The summed E-state index contributed by atoms with van der Waals surface area (Å²) in [5.74, 6) is 0.880. The van der Waals surface area contributed by atoms with Crippen molar-refractivity contribution in [2.75, 3.05) is 13.2 Å². The molecule has 0 aliphatic carbocycles. The summed E-state index contributed by atoms with van der Waals surface area (Å²) in [6, 6.07) is 0. The van der Waals surface area contributed by atoms with Crippen molar-refractivity contribution in [1.29, 1.82) is 0 Å². The number of aliphatic hydroxyl groups is 2. The first-order valence-corrected chi connectivity index (χ1v) is 3.76. The molecule has 0 bridgehead atoms. The van der Waals surface area contributed by atoms with Crippen LogP contribution in [0.15, 0.2) is 0 Å². The molecule has 0 saturated heterocycles. The van der Waals surface area contributed by atoms with Crippen LogP contribution in [0.4, 0.5) is 0 Å². The Balaban J connectivity index is -0.000000107. The Bertz CT molecular complexity index is 48.1. The SMILES string of the molecule is CC(C)CO.CC(C)CO.[Cu]. The summed E-state index contributed by atoms with van der Waals surface area (Å²) in [7, 11) is 0. The normalized spacial score (nSPS) is 8.73. The van der Waals surface area contributed by atoms with Gasteiger partial charge in [-0.05, 0) is 11.8 Å². The van der Waals surface area contributed by atoms with E-state index in [0.717, 1.165) is 0 Å². The molecule has 0 aromatic carbocycles. The van der Waals surface area contributed by atoms with E-state index in [1.165, 1.54) is 0 Å². The fourth-order valence-electron chi connectivity index (χ4n) is 0.